The van der Waals surface area contributed by atoms with Gasteiger partial charge in [-0.25, -0.2) is 0 Å². The summed E-state index contributed by atoms with van der Waals surface area (Å²) < 4.78 is 5.90. The quantitative estimate of drug-likeness (QED) is 0.547. The van der Waals surface area contributed by atoms with Gasteiger partial charge >= 0.3 is 0 Å². The van der Waals surface area contributed by atoms with Crippen LogP contribution in [0, 0.1) is 6.92 Å². The summed E-state index contributed by atoms with van der Waals surface area (Å²) in [6, 6.07) is 17.2. The molecule has 1 fully saturated rings. The van der Waals surface area contributed by atoms with E-state index in [1.807, 2.05) is 6.07 Å². The Morgan fingerprint density at radius 1 is 1.00 bits per heavy atom. The molecule has 0 aliphatic carbocycles. The van der Waals surface area contributed by atoms with Crippen LogP contribution in [0.3, 0.4) is 0 Å². The summed E-state index contributed by atoms with van der Waals surface area (Å²) in [4.78, 5) is 21.2. The van der Waals surface area contributed by atoms with Crippen molar-refractivity contribution in [3.05, 3.63) is 59.7 Å². The number of nitrogens with one attached hydrogen (secondary N) is 1. The van der Waals surface area contributed by atoms with Crippen LogP contribution in [0.15, 0.2) is 48.5 Å². The standard InChI is InChI=1S/C27H32N4O2/c1-20-19-26(29-27-22(20)11-12-25(32)28-27)33-18-5-4-13-30-14-16-31(17-15-30)24-10-6-8-21-7-2-3-9-23(21)24/h2-3,6-10,19H,4-5,11-18H2,1H3,(H,28,29,32). The number of ether oxygens (including phenoxy) is 1. The van der Waals surface area contributed by atoms with Gasteiger partial charge < -0.3 is 15.0 Å². The molecule has 0 atom stereocenters. The van der Waals surface area contributed by atoms with Crippen molar-refractivity contribution in [2.45, 2.75) is 32.6 Å². The summed E-state index contributed by atoms with van der Waals surface area (Å²) in [5.74, 6) is 1.31. The van der Waals surface area contributed by atoms with Gasteiger partial charge in [-0.1, -0.05) is 36.4 Å². The van der Waals surface area contributed by atoms with Gasteiger partial charge in [-0.15, -0.1) is 0 Å². The lowest BCUT2D eigenvalue weighted by Gasteiger charge is -2.36. The fourth-order valence-corrected chi connectivity index (χ4v) is 4.91. The minimum Gasteiger partial charge on any atom is -0.478 e. The lowest BCUT2D eigenvalue weighted by molar-refractivity contribution is -0.116. The summed E-state index contributed by atoms with van der Waals surface area (Å²) in [6.45, 7) is 8.12. The van der Waals surface area contributed by atoms with Crippen molar-refractivity contribution in [3.8, 4) is 5.88 Å². The molecule has 2 aliphatic heterocycles. The average Bonchev–Trinajstić information content (AvgIpc) is 2.84. The van der Waals surface area contributed by atoms with Crippen molar-refractivity contribution >= 4 is 28.2 Å². The Morgan fingerprint density at radius 2 is 1.82 bits per heavy atom. The molecule has 2 aromatic carbocycles. The van der Waals surface area contributed by atoms with E-state index in [4.69, 9.17) is 4.74 Å². The van der Waals surface area contributed by atoms with Crippen molar-refractivity contribution < 1.29 is 9.53 Å². The number of unbranched alkanes of at least 4 members (excludes halogenated alkanes) is 1. The molecular formula is C27H32N4O2. The number of carbonyl (C=O) groups excluding carboxylic acids is 1. The van der Waals surface area contributed by atoms with Crippen molar-refractivity contribution in [3.63, 3.8) is 0 Å². The molecule has 0 radical (unpaired) electrons. The first-order chi connectivity index (χ1) is 16.2. The van der Waals surface area contributed by atoms with Gasteiger partial charge in [0.2, 0.25) is 11.8 Å². The third-order valence-electron chi connectivity index (χ3n) is 6.78. The molecule has 0 unspecified atom stereocenters. The molecule has 0 saturated carbocycles. The molecule has 1 saturated heterocycles. The minimum absolute atomic E-state index is 0.0344. The molecule has 1 N–H and O–H groups in total. The lowest BCUT2D eigenvalue weighted by Crippen LogP contribution is -2.46. The maximum Gasteiger partial charge on any atom is 0.225 e. The van der Waals surface area contributed by atoms with Gasteiger partial charge in [0, 0.05) is 49.7 Å². The highest BCUT2D eigenvalue weighted by atomic mass is 16.5. The van der Waals surface area contributed by atoms with E-state index in [0.29, 0.717) is 24.7 Å². The second-order valence-electron chi connectivity index (χ2n) is 9.04. The molecule has 5 rings (SSSR count). The zero-order chi connectivity index (χ0) is 22.6. The van der Waals surface area contributed by atoms with E-state index in [2.05, 4.69) is 69.5 Å². The van der Waals surface area contributed by atoms with Crippen LogP contribution in [0.25, 0.3) is 10.8 Å². The summed E-state index contributed by atoms with van der Waals surface area (Å²) in [7, 11) is 0. The third kappa shape index (κ3) is 4.96. The summed E-state index contributed by atoms with van der Waals surface area (Å²) >= 11 is 0. The number of hydrogen-bond donors (Lipinski definition) is 1. The normalized spacial score (nSPS) is 16.5. The Kier molecular flexibility index (Phi) is 6.44. The molecule has 33 heavy (non-hydrogen) atoms. The monoisotopic (exact) mass is 444 g/mol. The molecular weight excluding hydrogens is 412 g/mol. The van der Waals surface area contributed by atoms with Gasteiger partial charge in [-0.2, -0.15) is 4.98 Å². The Balaban J connectivity index is 1.06. The van der Waals surface area contributed by atoms with Crippen LogP contribution in [0.4, 0.5) is 11.5 Å². The molecule has 6 heteroatoms. The number of pyridine rings is 1. The maximum atomic E-state index is 11.7. The van der Waals surface area contributed by atoms with Crippen molar-refractivity contribution in [1.82, 2.24) is 9.88 Å². The smallest absolute Gasteiger partial charge is 0.225 e. The number of rotatable bonds is 7. The third-order valence-corrected chi connectivity index (χ3v) is 6.78. The fourth-order valence-electron chi connectivity index (χ4n) is 4.91. The maximum absolute atomic E-state index is 11.7. The van der Waals surface area contributed by atoms with Gasteiger partial charge in [0.05, 0.1) is 6.61 Å². The van der Waals surface area contributed by atoms with E-state index in [1.165, 1.54) is 16.5 Å². The minimum atomic E-state index is 0.0344. The Bertz CT molecular complexity index is 1130. The number of piperazine rings is 1. The topological polar surface area (TPSA) is 57.7 Å². The molecule has 0 bridgehead atoms. The number of hydrogen-bond acceptors (Lipinski definition) is 5. The average molecular weight is 445 g/mol. The summed E-state index contributed by atoms with van der Waals surface area (Å²) in [6.07, 6.45) is 3.39. The van der Waals surface area contributed by atoms with Crippen LogP contribution in [0.1, 0.15) is 30.4 Å². The molecule has 3 heterocycles. The first-order valence-corrected chi connectivity index (χ1v) is 12.1. The van der Waals surface area contributed by atoms with Crippen molar-refractivity contribution in [2.24, 2.45) is 0 Å². The number of benzene rings is 2. The number of nitrogens with zero attached hydrogens (tertiary/aromatic N) is 3. The molecule has 2 aliphatic rings. The van der Waals surface area contributed by atoms with Crippen LogP contribution in [-0.4, -0.2) is 55.1 Å². The van der Waals surface area contributed by atoms with Crippen molar-refractivity contribution in [1.29, 1.82) is 0 Å². The van der Waals surface area contributed by atoms with Crippen molar-refractivity contribution in [2.75, 3.05) is 49.5 Å². The van der Waals surface area contributed by atoms with E-state index in [0.717, 1.165) is 63.1 Å². The Morgan fingerprint density at radius 3 is 2.70 bits per heavy atom. The molecule has 6 nitrogen and oxygen atoms in total. The highest BCUT2D eigenvalue weighted by Crippen LogP contribution is 2.28. The van der Waals surface area contributed by atoms with E-state index >= 15 is 0 Å². The van der Waals surface area contributed by atoms with Gasteiger partial charge in [0.25, 0.3) is 0 Å². The van der Waals surface area contributed by atoms with Gasteiger partial charge in [-0.05, 0) is 55.3 Å². The predicted octanol–water partition coefficient (Wildman–Crippen LogP) is 4.41. The number of aryl methyl sites for hydroxylation is 1. The van der Waals surface area contributed by atoms with Crippen LogP contribution in [0.5, 0.6) is 5.88 Å². The Hall–Kier alpha value is -3.12. The molecule has 172 valence electrons. The van der Waals surface area contributed by atoms with E-state index in [9.17, 15) is 4.79 Å². The van der Waals surface area contributed by atoms with Crippen LogP contribution >= 0.6 is 0 Å². The largest absolute Gasteiger partial charge is 0.478 e. The number of fused-ring (bicyclic) bond motifs is 2. The molecule has 1 amide bonds. The van der Waals surface area contributed by atoms with Gasteiger partial charge in [0.15, 0.2) is 0 Å². The fraction of sp³-hybridized carbons (Fsp3) is 0.407. The number of aromatic nitrogens is 1. The highest BCUT2D eigenvalue weighted by molar-refractivity contribution is 5.94. The predicted molar refractivity (Wildman–Crippen MR) is 133 cm³/mol. The Labute approximate surface area is 195 Å². The molecule has 1 aromatic heterocycles. The van der Waals surface area contributed by atoms with Gasteiger partial charge in [-0.3, -0.25) is 9.69 Å². The highest BCUT2D eigenvalue weighted by Gasteiger charge is 2.20. The first-order valence-electron chi connectivity index (χ1n) is 12.1. The van der Waals surface area contributed by atoms with Crippen LogP contribution < -0.4 is 15.0 Å². The number of amides is 1. The molecule has 0 spiro atoms. The SMILES string of the molecule is Cc1cc(OCCCCN2CCN(c3cccc4ccccc34)CC2)nc2c1CCC(=O)N2. The molecule has 3 aromatic rings. The van der Waals surface area contributed by atoms with Crippen LogP contribution in [-0.2, 0) is 11.2 Å². The first kappa shape index (κ1) is 21.7. The zero-order valence-electron chi connectivity index (χ0n) is 19.3. The van der Waals surface area contributed by atoms with E-state index in [-0.39, 0.29) is 5.91 Å². The number of carbonyl (C=O) groups is 1. The second kappa shape index (κ2) is 9.79. The number of anilines is 2. The van der Waals surface area contributed by atoms with Gasteiger partial charge in [0.1, 0.15) is 5.82 Å². The van der Waals surface area contributed by atoms with E-state index < -0.39 is 0 Å². The summed E-state index contributed by atoms with van der Waals surface area (Å²) in [5.41, 5.74) is 3.62. The van der Waals surface area contributed by atoms with Crippen LogP contribution in [0.2, 0.25) is 0 Å². The zero-order valence-corrected chi connectivity index (χ0v) is 19.3. The second-order valence-corrected chi connectivity index (χ2v) is 9.04. The van der Waals surface area contributed by atoms with E-state index in [1.54, 1.807) is 0 Å². The lowest BCUT2D eigenvalue weighted by atomic mass is 10.0. The summed E-state index contributed by atoms with van der Waals surface area (Å²) in [5, 5.41) is 5.52.